The third-order valence-electron chi connectivity index (χ3n) is 1.97. The number of carbonyl (C=O) groups is 2. The summed E-state index contributed by atoms with van der Waals surface area (Å²) in [7, 11) is 0. The highest BCUT2D eigenvalue weighted by Crippen LogP contribution is 2.01. The second-order valence-corrected chi connectivity index (χ2v) is 3.18. The van der Waals surface area contributed by atoms with Gasteiger partial charge < -0.3 is 4.74 Å². The van der Waals surface area contributed by atoms with Crippen molar-refractivity contribution in [3.05, 3.63) is 35.9 Å². The van der Waals surface area contributed by atoms with Crippen LogP contribution in [0.5, 0.6) is 0 Å². The van der Waals surface area contributed by atoms with E-state index < -0.39 is 17.5 Å². The molecule has 0 saturated carbocycles. The summed E-state index contributed by atoms with van der Waals surface area (Å²) >= 11 is 0. The molecule has 1 aromatic carbocycles. The number of esters is 1. The van der Waals surface area contributed by atoms with Crippen molar-refractivity contribution in [1.82, 2.24) is 0 Å². The van der Waals surface area contributed by atoms with E-state index in [9.17, 15) is 9.59 Å². The zero-order chi connectivity index (χ0) is 12.0. The first kappa shape index (κ1) is 12.1. The standard InChI is InChI=1S/C12H13NO3/c1-2-16-12(15)11(13)10(14)8-9-6-4-3-5-7-9/h3-7,13H,2,8H2,1H3. The van der Waals surface area contributed by atoms with E-state index in [4.69, 9.17) is 5.41 Å². The predicted octanol–water partition coefficient (Wildman–Crippen LogP) is 1.38. The molecule has 4 heteroatoms. The molecule has 1 N–H and O–H groups in total. The minimum Gasteiger partial charge on any atom is -0.461 e. The van der Waals surface area contributed by atoms with Crippen molar-refractivity contribution in [2.24, 2.45) is 0 Å². The van der Waals surface area contributed by atoms with E-state index in [1.54, 1.807) is 31.2 Å². The number of hydrogen-bond donors (Lipinski definition) is 1. The lowest BCUT2D eigenvalue weighted by molar-refractivity contribution is -0.135. The molecule has 4 nitrogen and oxygen atoms in total. The summed E-state index contributed by atoms with van der Waals surface area (Å²) in [6, 6.07) is 8.99. The number of carbonyl (C=O) groups excluding carboxylic acids is 2. The average Bonchev–Trinajstić information content (AvgIpc) is 2.29. The molecule has 16 heavy (non-hydrogen) atoms. The minimum absolute atomic E-state index is 0.0541. The fourth-order valence-corrected chi connectivity index (χ4v) is 1.19. The first-order valence-electron chi connectivity index (χ1n) is 4.98. The number of ketones is 1. The van der Waals surface area contributed by atoms with E-state index in [1.807, 2.05) is 6.07 Å². The van der Waals surface area contributed by atoms with E-state index in [1.165, 1.54) is 0 Å². The van der Waals surface area contributed by atoms with Crippen LogP contribution in [0.15, 0.2) is 30.3 Å². The van der Waals surface area contributed by atoms with Crippen LogP contribution in [0.3, 0.4) is 0 Å². The summed E-state index contributed by atoms with van der Waals surface area (Å²) < 4.78 is 4.58. The molecule has 0 aliphatic rings. The van der Waals surface area contributed by atoms with Crippen molar-refractivity contribution in [1.29, 1.82) is 5.41 Å². The monoisotopic (exact) mass is 219 g/mol. The second-order valence-electron chi connectivity index (χ2n) is 3.18. The maximum atomic E-state index is 11.5. The molecule has 0 fully saturated rings. The molecule has 84 valence electrons. The van der Waals surface area contributed by atoms with Crippen LogP contribution in [0.4, 0.5) is 0 Å². The van der Waals surface area contributed by atoms with Crippen molar-refractivity contribution in [3.8, 4) is 0 Å². The minimum atomic E-state index is -0.858. The lowest BCUT2D eigenvalue weighted by atomic mass is 10.1. The Hall–Kier alpha value is -1.97. The van der Waals surface area contributed by atoms with E-state index in [-0.39, 0.29) is 13.0 Å². The summed E-state index contributed by atoms with van der Waals surface area (Å²) in [6.07, 6.45) is 0.0541. The molecule has 0 radical (unpaired) electrons. The summed E-state index contributed by atoms with van der Waals surface area (Å²) in [4.78, 5) is 22.6. The Bertz CT molecular complexity index is 398. The fourth-order valence-electron chi connectivity index (χ4n) is 1.19. The largest absolute Gasteiger partial charge is 0.461 e. The maximum Gasteiger partial charge on any atom is 0.359 e. The van der Waals surface area contributed by atoms with Gasteiger partial charge in [0.15, 0.2) is 11.5 Å². The summed E-state index contributed by atoms with van der Waals surface area (Å²) in [5.74, 6) is -1.38. The maximum absolute atomic E-state index is 11.5. The van der Waals surface area contributed by atoms with Gasteiger partial charge in [-0.3, -0.25) is 10.2 Å². The third-order valence-corrected chi connectivity index (χ3v) is 1.97. The molecule has 0 spiro atoms. The van der Waals surface area contributed by atoms with Gasteiger partial charge in [0.1, 0.15) is 0 Å². The van der Waals surface area contributed by atoms with E-state index in [0.29, 0.717) is 0 Å². The highest BCUT2D eigenvalue weighted by atomic mass is 16.5. The highest BCUT2D eigenvalue weighted by Gasteiger charge is 2.19. The molecule has 0 atom stereocenters. The Labute approximate surface area is 93.7 Å². The van der Waals surface area contributed by atoms with Crippen LogP contribution in [-0.4, -0.2) is 24.1 Å². The van der Waals surface area contributed by atoms with Crippen molar-refractivity contribution >= 4 is 17.5 Å². The zero-order valence-electron chi connectivity index (χ0n) is 9.03. The smallest absolute Gasteiger partial charge is 0.359 e. The quantitative estimate of drug-likeness (QED) is 0.462. The van der Waals surface area contributed by atoms with E-state index in [2.05, 4.69) is 4.74 Å². The van der Waals surface area contributed by atoms with Crippen LogP contribution in [0.2, 0.25) is 0 Å². The average molecular weight is 219 g/mol. The molecule has 0 aliphatic carbocycles. The Balaban J connectivity index is 2.59. The van der Waals surface area contributed by atoms with Gasteiger partial charge in [0.05, 0.1) is 6.61 Å². The fraction of sp³-hybridized carbons (Fsp3) is 0.250. The van der Waals surface area contributed by atoms with Crippen molar-refractivity contribution in [2.75, 3.05) is 6.61 Å². The number of benzene rings is 1. The molecular formula is C12H13NO3. The van der Waals surface area contributed by atoms with Crippen molar-refractivity contribution in [2.45, 2.75) is 13.3 Å². The predicted molar refractivity (Wildman–Crippen MR) is 59.5 cm³/mol. The van der Waals surface area contributed by atoms with Crippen LogP contribution < -0.4 is 0 Å². The zero-order valence-corrected chi connectivity index (χ0v) is 9.03. The molecule has 1 rings (SSSR count). The van der Waals surface area contributed by atoms with Gasteiger partial charge in [0, 0.05) is 6.42 Å². The SMILES string of the molecule is CCOC(=O)C(=N)C(=O)Cc1ccccc1. The molecular weight excluding hydrogens is 206 g/mol. The number of Topliss-reactive ketones (excluding diaryl/α,β-unsaturated/α-hetero) is 1. The van der Waals surface area contributed by atoms with E-state index in [0.717, 1.165) is 5.56 Å². The number of hydrogen-bond acceptors (Lipinski definition) is 4. The number of nitrogens with one attached hydrogen (secondary N) is 1. The van der Waals surface area contributed by atoms with Gasteiger partial charge in [-0.05, 0) is 12.5 Å². The normalized spacial score (nSPS) is 9.56. The first-order chi connectivity index (χ1) is 7.65. The highest BCUT2D eigenvalue weighted by molar-refractivity contribution is 6.63. The summed E-state index contributed by atoms with van der Waals surface area (Å²) in [5, 5.41) is 7.33. The van der Waals surface area contributed by atoms with Gasteiger partial charge in [-0.2, -0.15) is 0 Å². The van der Waals surface area contributed by atoms with Crippen molar-refractivity contribution < 1.29 is 14.3 Å². The molecule has 0 heterocycles. The molecule has 0 saturated heterocycles. The summed E-state index contributed by atoms with van der Waals surface area (Å²) in [6.45, 7) is 1.80. The lowest BCUT2D eigenvalue weighted by Crippen LogP contribution is -2.26. The molecule has 0 unspecified atom stereocenters. The van der Waals surface area contributed by atoms with Gasteiger partial charge in [-0.25, -0.2) is 4.79 Å². The van der Waals surface area contributed by atoms with Crippen molar-refractivity contribution in [3.63, 3.8) is 0 Å². The number of ether oxygens (including phenoxy) is 1. The third kappa shape index (κ3) is 3.31. The topological polar surface area (TPSA) is 67.2 Å². The Morgan fingerprint density at radius 3 is 2.44 bits per heavy atom. The van der Waals surface area contributed by atoms with Crippen LogP contribution in [0.1, 0.15) is 12.5 Å². The van der Waals surface area contributed by atoms with Crippen LogP contribution >= 0.6 is 0 Å². The molecule has 1 aromatic rings. The Morgan fingerprint density at radius 1 is 1.25 bits per heavy atom. The van der Waals surface area contributed by atoms with Gasteiger partial charge in [0.25, 0.3) is 0 Å². The van der Waals surface area contributed by atoms with Gasteiger partial charge in [0.2, 0.25) is 0 Å². The first-order valence-corrected chi connectivity index (χ1v) is 4.98. The van der Waals surface area contributed by atoms with Gasteiger partial charge in [-0.1, -0.05) is 30.3 Å². The summed E-state index contributed by atoms with van der Waals surface area (Å²) in [5.41, 5.74) is 0.187. The Morgan fingerprint density at radius 2 is 1.88 bits per heavy atom. The molecule has 0 bridgehead atoms. The van der Waals surface area contributed by atoms with Gasteiger partial charge in [-0.15, -0.1) is 0 Å². The molecule has 0 amide bonds. The van der Waals surface area contributed by atoms with E-state index >= 15 is 0 Å². The van der Waals surface area contributed by atoms with Gasteiger partial charge >= 0.3 is 5.97 Å². The molecule has 0 aromatic heterocycles. The second kappa shape index (κ2) is 5.80. The van der Waals surface area contributed by atoms with Crippen LogP contribution in [0.25, 0.3) is 0 Å². The number of rotatable bonds is 5. The lowest BCUT2D eigenvalue weighted by Gasteiger charge is -2.02. The Kier molecular flexibility index (Phi) is 4.39. The van der Waals surface area contributed by atoms with Crippen LogP contribution in [0, 0.1) is 5.41 Å². The molecule has 0 aliphatic heterocycles. The van der Waals surface area contributed by atoms with Crippen LogP contribution in [-0.2, 0) is 20.7 Å².